The van der Waals surface area contributed by atoms with E-state index in [4.69, 9.17) is 0 Å². The zero-order valence-corrected chi connectivity index (χ0v) is 9.82. The summed E-state index contributed by atoms with van der Waals surface area (Å²) >= 11 is 3.00. The molecule has 1 unspecified atom stereocenters. The van der Waals surface area contributed by atoms with Gasteiger partial charge in [0.25, 0.3) is 5.69 Å². The minimum Gasteiger partial charge on any atom is -0.319 e. The predicted octanol–water partition coefficient (Wildman–Crippen LogP) is 2.46. The molecule has 1 aromatic rings. The van der Waals surface area contributed by atoms with Gasteiger partial charge in [0.05, 0.1) is 9.75 Å². The van der Waals surface area contributed by atoms with E-state index >= 15 is 0 Å². The number of anilines is 1. The molecule has 5 nitrogen and oxygen atoms in total. The van der Waals surface area contributed by atoms with Gasteiger partial charge in [-0.3, -0.25) is 14.9 Å². The van der Waals surface area contributed by atoms with Gasteiger partial charge in [0.1, 0.15) is 11.5 Å². The van der Waals surface area contributed by atoms with Crippen molar-refractivity contribution in [1.82, 2.24) is 0 Å². The maximum absolute atomic E-state index is 12.9. The first-order chi connectivity index (χ1) is 7.41. The number of alkyl halides is 1. The Hall–Kier alpha value is -1.50. The van der Waals surface area contributed by atoms with E-state index in [1.165, 1.54) is 0 Å². The Balaban J connectivity index is 3.06. The average Bonchev–Trinajstić information content (AvgIpc) is 2.16. The quantitative estimate of drug-likeness (QED) is 0.528. The van der Waals surface area contributed by atoms with Crippen molar-refractivity contribution in [2.45, 2.75) is 11.8 Å². The number of carbonyl (C=O) groups is 1. The molecule has 0 heterocycles. The summed E-state index contributed by atoms with van der Waals surface area (Å²) in [4.78, 5) is 20.7. The van der Waals surface area contributed by atoms with Crippen LogP contribution >= 0.6 is 15.9 Å². The summed E-state index contributed by atoms with van der Waals surface area (Å²) in [5, 5.41) is 12.9. The second-order valence-electron chi connectivity index (χ2n) is 3.02. The molecule has 0 fully saturated rings. The van der Waals surface area contributed by atoms with Crippen LogP contribution in [0, 0.1) is 15.9 Å². The molecule has 0 aliphatic rings. The molecule has 0 saturated heterocycles. The number of nitrogens with zero attached hydrogens (tertiary/aromatic N) is 1. The van der Waals surface area contributed by atoms with Crippen molar-refractivity contribution in [3.05, 3.63) is 34.1 Å². The first-order valence-electron chi connectivity index (χ1n) is 4.30. The summed E-state index contributed by atoms with van der Waals surface area (Å²) in [6.07, 6.45) is 0. The summed E-state index contributed by atoms with van der Waals surface area (Å²) in [5.41, 5.74) is -0.496. The Bertz CT molecular complexity index is 437. The van der Waals surface area contributed by atoms with Gasteiger partial charge in [-0.25, -0.2) is 4.39 Å². The van der Waals surface area contributed by atoms with Crippen LogP contribution in [0.2, 0.25) is 0 Å². The third-order valence-electron chi connectivity index (χ3n) is 1.77. The van der Waals surface area contributed by atoms with E-state index < -0.39 is 21.5 Å². The van der Waals surface area contributed by atoms with Gasteiger partial charge >= 0.3 is 0 Å². The Morgan fingerprint density at radius 2 is 2.25 bits per heavy atom. The van der Waals surface area contributed by atoms with Gasteiger partial charge in [-0.1, -0.05) is 15.9 Å². The molecule has 1 amide bonds. The van der Waals surface area contributed by atoms with Crippen molar-refractivity contribution in [1.29, 1.82) is 0 Å². The molecule has 1 aromatic carbocycles. The molecule has 1 rings (SSSR count). The van der Waals surface area contributed by atoms with Crippen LogP contribution in [-0.2, 0) is 4.79 Å². The normalized spacial score (nSPS) is 11.9. The topological polar surface area (TPSA) is 72.2 Å². The molecule has 86 valence electrons. The molecule has 0 aliphatic heterocycles. The standard InChI is InChI=1S/C9H8BrFN2O3/c1-5(10)9(14)12-7-4-6(11)2-3-8(7)13(15)16/h2-5H,1H3,(H,12,14). The highest BCUT2D eigenvalue weighted by Crippen LogP contribution is 2.25. The van der Waals surface area contributed by atoms with Crippen molar-refractivity contribution in [2.75, 3.05) is 5.32 Å². The fraction of sp³-hybridized carbons (Fsp3) is 0.222. The van der Waals surface area contributed by atoms with Gasteiger partial charge in [0.15, 0.2) is 0 Å². The van der Waals surface area contributed by atoms with Crippen molar-refractivity contribution < 1.29 is 14.1 Å². The lowest BCUT2D eigenvalue weighted by molar-refractivity contribution is -0.384. The largest absolute Gasteiger partial charge is 0.319 e. The Morgan fingerprint density at radius 1 is 1.62 bits per heavy atom. The highest BCUT2D eigenvalue weighted by Gasteiger charge is 2.18. The van der Waals surface area contributed by atoms with E-state index in [0.717, 1.165) is 18.2 Å². The Kier molecular flexibility index (Phi) is 3.94. The maximum atomic E-state index is 12.9. The number of nitro groups is 1. The van der Waals surface area contributed by atoms with Gasteiger partial charge in [-0.05, 0) is 13.0 Å². The molecular weight excluding hydrogens is 283 g/mol. The lowest BCUT2D eigenvalue weighted by atomic mass is 10.2. The smallest absolute Gasteiger partial charge is 0.292 e. The van der Waals surface area contributed by atoms with Crippen LogP contribution in [0.25, 0.3) is 0 Å². The van der Waals surface area contributed by atoms with Crippen LogP contribution in [0.1, 0.15) is 6.92 Å². The third-order valence-corrected chi connectivity index (χ3v) is 2.19. The van der Waals surface area contributed by atoms with E-state index in [1.807, 2.05) is 0 Å². The Labute approximate surface area is 98.9 Å². The number of rotatable bonds is 3. The van der Waals surface area contributed by atoms with Crippen LogP contribution in [0.3, 0.4) is 0 Å². The van der Waals surface area contributed by atoms with Crippen molar-refractivity contribution >= 4 is 33.2 Å². The third kappa shape index (κ3) is 2.99. The van der Waals surface area contributed by atoms with Crippen LogP contribution < -0.4 is 5.32 Å². The second kappa shape index (κ2) is 5.02. The number of hydrogen-bond acceptors (Lipinski definition) is 3. The van der Waals surface area contributed by atoms with Gasteiger partial charge < -0.3 is 5.32 Å². The zero-order chi connectivity index (χ0) is 12.3. The fourth-order valence-electron chi connectivity index (χ4n) is 1.000. The average molecular weight is 291 g/mol. The number of benzene rings is 1. The monoisotopic (exact) mass is 290 g/mol. The molecule has 0 aromatic heterocycles. The highest BCUT2D eigenvalue weighted by atomic mass is 79.9. The molecular formula is C9H8BrFN2O3. The number of amides is 1. The lowest BCUT2D eigenvalue weighted by Crippen LogP contribution is -2.20. The number of carbonyl (C=O) groups excluding carboxylic acids is 1. The second-order valence-corrected chi connectivity index (χ2v) is 4.40. The van der Waals surface area contributed by atoms with E-state index in [-0.39, 0.29) is 11.4 Å². The summed E-state index contributed by atoms with van der Waals surface area (Å²) in [6.45, 7) is 1.56. The fourth-order valence-corrected chi connectivity index (χ4v) is 1.11. The number of nitrogens with one attached hydrogen (secondary N) is 1. The zero-order valence-electron chi connectivity index (χ0n) is 8.24. The minimum atomic E-state index is -0.687. The number of halogens is 2. The van der Waals surface area contributed by atoms with Gasteiger partial charge in [-0.15, -0.1) is 0 Å². The Morgan fingerprint density at radius 3 is 2.75 bits per heavy atom. The summed E-state index contributed by atoms with van der Waals surface area (Å²) in [7, 11) is 0. The van der Waals surface area contributed by atoms with Crippen LogP contribution in [0.5, 0.6) is 0 Å². The van der Waals surface area contributed by atoms with E-state index in [1.54, 1.807) is 6.92 Å². The minimum absolute atomic E-state index is 0.152. The lowest BCUT2D eigenvalue weighted by Gasteiger charge is -2.07. The molecule has 0 bridgehead atoms. The summed E-state index contributed by atoms with van der Waals surface area (Å²) in [6, 6.07) is 2.88. The first-order valence-corrected chi connectivity index (χ1v) is 5.22. The molecule has 7 heteroatoms. The molecule has 0 radical (unpaired) electrons. The molecule has 1 N–H and O–H groups in total. The highest BCUT2D eigenvalue weighted by molar-refractivity contribution is 9.10. The van der Waals surface area contributed by atoms with Crippen molar-refractivity contribution in [3.8, 4) is 0 Å². The molecule has 16 heavy (non-hydrogen) atoms. The van der Waals surface area contributed by atoms with E-state index in [2.05, 4.69) is 21.2 Å². The van der Waals surface area contributed by atoms with Crippen LogP contribution in [-0.4, -0.2) is 15.7 Å². The van der Waals surface area contributed by atoms with Gasteiger partial charge in [-0.2, -0.15) is 0 Å². The first kappa shape index (κ1) is 12.6. The molecule has 0 saturated carbocycles. The molecule has 0 aliphatic carbocycles. The van der Waals surface area contributed by atoms with Crippen molar-refractivity contribution in [2.24, 2.45) is 0 Å². The van der Waals surface area contributed by atoms with E-state index in [9.17, 15) is 19.3 Å². The van der Waals surface area contributed by atoms with E-state index in [0.29, 0.717) is 0 Å². The van der Waals surface area contributed by atoms with Crippen LogP contribution in [0.15, 0.2) is 18.2 Å². The summed E-state index contributed by atoms with van der Waals surface area (Å²) in [5.74, 6) is -1.13. The summed E-state index contributed by atoms with van der Waals surface area (Å²) < 4.78 is 12.9. The maximum Gasteiger partial charge on any atom is 0.292 e. The van der Waals surface area contributed by atoms with Gasteiger partial charge in [0, 0.05) is 12.1 Å². The molecule has 1 atom stereocenters. The SMILES string of the molecule is CC(Br)C(=O)Nc1cc(F)ccc1[N+](=O)[O-]. The number of hydrogen-bond donors (Lipinski definition) is 1. The predicted molar refractivity (Wildman–Crippen MR) is 60.1 cm³/mol. The molecule has 0 spiro atoms. The van der Waals surface area contributed by atoms with Crippen LogP contribution in [0.4, 0.5) is 15.8 Å². The van der Waals surface area contributed by atoms with Gasteiger partial charge in [0.2, 0.25) is 5.91 Å². The number of nitro benzene ring substituents is 1. The van der Waals surface area contributed by atoms with Crippen molar-refractivity contribution in [3.63, 3.8) is 0 Å².